The zero-order valence-corrected chi connectivity index (χ0v) is 20.0. The quantitative estimate of drug-likeness (QED) is 0.572. The molecule has 3 aliphatic rings. The molecule has 2 aromatic carbocycles. The van der Waals surface area contributed by atoms with Gasteiger partial charge in [-0.25, -0.2) is 14.5 Å². The fourth-order valence-electron chi connectivity index (χ4n) is 5.16. The molecule has 2 fully saturated rings. The van der Waals surface area contributed by atoms with E-state index in [4.69, 9.17) is 14.6 Å². The lowest BCUT2D eigenvalue weighted by Crippen LogP contribution is -2.47. The molecule has 3 amide bonds. The van der Waals surface area contributed by atoms with Crippen molar-refractivity contribution in [1.29, 1.82) is 0 Å². The Labute approximate surface area is 208 Å². The number of ether oxygens (including phenoxy) is 2. The van der Waals surface area contributed by atoms with Crippen molar-refractivity contribution >= 4 is 23.9 Å². The van der Waals surface area contributed by atoms with Crippen molar-refractivity contribution in [2.45, 2.75) is 50.8 Å². The van der Waals surface area contributed by atoms with Crippen LogP contribution in [-0.2, 0) is 37.7 Å². The Bertz CT molecular complexity index is 1210. The molecule has 1 saturated heterocycles. The van der Waals surface area contributed by atoms with Gasteiger partial charge in [0.15, 0.2) is 6.61 Å². The summed E-state index contributed by atoms with van der Waals surface area (Å²) in [4.78, 5) is 53.3. The molecule has 2 aliphatic carbocycles. The van der Waals surface area contributed by atoms with Crippen molar-refractivity contribution in [3.05, 3.63) is 65.2 Å². The van der Waals surface area contributed by atoms with Gasteiger partial charge in [0.1, 0.15) is 12.3 Å². The average molecular weight is 493 g/mol. The Kier molecular flexibility index (Phi) is 6.15. The van der Waals surface area contributed by atoms with Gasteiger partial charge in [-0.3, -0.25) is 9.59 Å². The Morgan fingerprint density at radius 1 is 1.19 bits per heavy atom. The average Bonchev–Trinajstić information content (AvgIpc) is 3.62. The SMILES string of the molecule is C[C@@H](C1CC1)N(Cc1ccccc1)C(=O)CN1C(=O)OC2(CCc3cc(OCC(=O)O)ccc32)C1=O. The Morgan fingerprint density at radius 3 is 2.64 bits per heavy atom. The first-order chi connectivity index (χ1) is 17.3. The highest BCUT2D eigenvalue weighted by Crippen LogP contribution is 2.46. The summed E-state index contributed by atoms with van der Waals surface area (Å²) in [5, 5.41) is 8.83. The summed E-state index contributed by atoms with van der Waals surface area (Å²) >= 11 is 0. The minimum atomic E-state index is -1.47. The van der Waals surface area contributed by atoms with E-state index in [9.17, 15) is 19.2 Å². The highest BCUT2D eigenvalue weighted by atomic mass is 16.6. The molecule has 5 rings (SSSR count). The van der Waals surface area contributed by atoms with Crippen molar-refractivity contribution in [3.8, 4) is 5.75 Å². The molecule has 1 N–H and O–H groups in total. The summed E-state index contributed by atoms with van der Waals surface area (Å²) in [5.41, 5.74) is 0.812. The number of carbonyl (C=O) groups excluding carboxylic acids is 3. The molecule has 1 spiro atoms. The lowest BCUT2D eigenvalue weighted by atomic mass is 9.95. The van der Waals surface area contributed by atoms with E-state index in [-0.39, 0.29) is 24.9 Å². The number of benzene rings is 2. The topological polar surface area (TPSA) is 113 Å². The van der Waals surface area contributed by atoms with Gasteiger partial charge in [0.05, 0.1) is 0 Å². The smallest absolute Gasteiger partial charge is 0.418 e. The van der Waals surface area contributed by atoms with E-state index in [1.165, 1.54) is 0 Å². The molecule has 9 heteroatoms. The number of nitrogens with zero attached hydrogens (tertiary/aromatic N) is 2. The summed E-state index contributed by atoms with van der Waals surface area (Å²) in [7, 11) is 0. The summed E-state index contributed by atoms with van der Waals surface area (Å²) in [6, 6.07) is 14.5. The summed E-state index contributed by atoms with van der Waals surface area (Å²) in [6.07, 6.45) is 2.00. The maximum Gasteiger partial charge on any atom is 0.418 e. The highest BCUT2D eigenvalue weighted by Gasteiger charge is 2.58. The van der Waals surface area contributed by atoms with Crippen molar-refractivity contribution in [1.82, 2.24) is 9.80 Å². The van der Waals surface area contributed by atoms with E-state index in [0.717, 1.165) is 28.9 Å². The number of hydrogen-bond donors (Lipinski definition) is 1. The number of carboxylic acid groups (broad SMARTS) is 1. The van der Waals surface area contributed by atoms with Crippen molar-refractivity contribution in [2.24, 2.45) is 5.92 Å². The molecule has 0 bridgehead atoms. The van der Waals surface area contributed by atoms with Gasteiger partial charge in [0, 0.05) is 24.6 Å². The van der Waals surface area contributed by atoms with Crippen LogP contribution < -0.4 is 4.74 Å². The minimum absolute atomic E-state index is 0.00294. The predicted molar refractivity (Wildman–Crippen MR) is 127 cm³/mol. The van der Waals surface area contributed by atoms with Crippen LogP contribution in [0.25, 0.3) is 0 Å². The number of fused-ring (bicyclic) bond motifs is 2. The van der Waals surface area contributed by atoms with Gasteiger partial charge in [0.25, 0.3) is 5.91 Å². The second-order valence-electron chi connectivity index (χ2n) is 9.67. The number of carboxylic acids is 1. The molecule has 36 heavy (non-hydrogen) atoms. The lowest BCUT2D eigenvalue weighted by molar-refractivity contribution is -0.143. The van der Waals surface area contributed by atoms with Crippen LogP contribution in [-0.4, -0.2) is 58.0 Å². The fraction of sp³-hybridized carbons (Fsp3) is 0.407. The van der Waals surface area contributed by atoms with Gasteiger partial charge in [0.2, 0.25) is 11.5 Å². The third-order valence-corrected chi connectivity index (χ3v) is 7.30. The summed E-state index contributed by atoms with van der Waals surface area (Å²) in [6.45, 7) is 1.56. The normalized spacial score (nSPS) is 21.3. The van der Waals surface area contributed by atoms with E-state index in [1.54, 1.807) is 23.1 Å². The van der Waals surface area contributed by atoms with Crippen molar-refractivity contribution in [2.75, 3.05) is 13.2 Å². The second-order valence-corrected chi connectivity index (χ2v) is 9.67. The van der Waals surface area contributed by atoms with E-state index >= 15 is 0 Å². The molecular weight excluding hydrogens is 464 g/mol. The third kappa shape index (κ3) is 4.41. The maximum atomic E-state index is 13.5. The van der Waals surface area contributed by atoms with Crippen LogP contribution in [0.4, 0.5) is 4.79 Å². The first-order valence-corrected chi connectivity index (χ1v) is 12.1. The first-order valence-electron chi connectivity index (χ1n) is 12.1. The molecule has 1 aliphatic heterocycles. The van der Waals surface area contributed by atoms with E-state index in [1.807, 2.05) is 37.3 Å². The molecule has 0 aromatic heterocycles. The predicted octanol–water partition coefficient (Wildman–Crippen LogP) is 3.10. The van der Waals surface area contributed by atoms with Crippen molar-refractivity contribution < 1.29 is 33.8 Å². The molecule has 1 unspecified atom stereocenters. The molecule has 1 saturated carbocycles. The number of rotatable bonds is 9. The maximum absolute atomic E-state index is 13.5. The van der Waals surface area contributed by atoms with E-state index < -0.39 is 30.2 Å². The molecule has 2 aromatic rings. The Hall–Kier alpha value is -3.88. The Morgan fingerprint density at radius 2 is 1.94 bits per heavy atom. The van der Waals surface area contributed by atoms with Crippen LogP contribution in [0.15, 0.2) is 48.5 Å². The van der Waals surface area contributed by atoms with Crippen LogP contribution >= 0.6 is 0 Å². The number of aliphatic carboxylic acids is 1. The fourth-order valence-corrected chi connectivity index (χ4v) is 5.16. The van der Waals surface area contributed by atoms with Gasteiger partial charge in [-0.15, -0.1) is 0 Å². The summed E-state index contributed by atoms with van der Waals surface area (Å²) < 4.78 is 10.9. The highest BCUT2D eigenvalue weighted by molar-refractivity contribution is 6.06. The Balaban J connectivity index is 1.34. The van der Waals surface area contributed by atoms with Gasteiger partial charge in [-0.05, 0) is 55.4 Å². The molecular formula is C27H28N2O7. The minimum Gasteiger partial charge on any atom is -0.482 e. The number of hydrogen-bond acceptors (Lipinski definition) is 6. The van der Waals surface area contributed by atoms with Crippen LogP contribution in [0.1, 0.15) is 42.9 Å². The monoisotopic (exact) mass is 492 g/mol. The zero-order valence-electron chi connectivity index (χ0n) is 20.0. The standard InChI is InChI=1S/C27H28N2O7/c1-17(19-7-8-19)28(14-18-5-3-2-4-6-18)23(30)15-29-25(33)27(36-26(29)34)12-11-20-13-21(9-10-22(20)27)35-16-24(31)32/h2-6,9-10,13,17,19H,7-8,11-12,14-16H2,1H3,(H,31,32)/t17-,27?/m0/s1. The number of imide groups is 1. The molecule has 2 atom stereocenters. The number of amides is 3. The molecule has 1 heterocycles. The zero-order chi connectivity index (χ0) is 25.4. The molecule has 188 valence electrons. The van der Waals surface area contributed by atoms with E-state index in [0.29, 0.717) is 30.2 Å². The van der Waals surface area contributed by atoms with Crippen LogP contribution in [0, 0.1) is 5.92 Å². The van der Waals surface area contributed by atoms with E-state index in [2.05, 4.69) is 0 Å². The molecule has 0 radical (unpaired) electrons. The van der Waals surface area contributed by atoms with Crippen molar-refractivity contribution in [3.63, 3.8) is 0 Å². The van der Waals surface area contributed by atoms with Gasteiger partial charge >= 0.3 is 12.1 Å². The van der Waals surface area contributed by atoms with Gasteiger partial charge in [-0.1, -0.05) is 36.4 Å². The third-order valence-electron chi connectivity index (χ3n) is 7.30. The van der Waals surface area contributed by atoms with Crippen LogP contribution in [0.5, 0.6) is 5.75 Å². The number of aryl methyl sites for hydroxylation is 1. The van der Waals surface area contributed by atoms with Crippen LogP contribution in [0.2, 0.25) is 0 Å². The largest absolute Gasteiger partial charge is 0.482 e. The van der Waals surface area contributed by atoms with Crippen LogP contribution in [0.3, 0.4) is 0 Å². The molecule has 9 nitrogen and oxygen atoms in total. The second kappa shape index (κ2) is 9.29. The number of carbonyl (C=O) groups is 4. The summed E-state index contributed by atoms with van der Waals surface area (Å²) in [5.74, 6) is -1.15. The van der Waals surface area contributed by atoms with Gasteiger partial charge in [-0.2, -0.15) is 0 Å². The lowest BCUT2D eigenvalue weighted by Gasteiger charge is -2.30. The first kappa shape index (κ1) is 23.8. The van der Waals surface area contributed by atoms with Gasteiger partial charge < -0.3 is 19.5 Å².